The lowest BCUT2D eigenvalue weighted by Gasteiger charge is -2.11. The van der Waals surface area contributed by atoms with Crippen LogP contribution >= 0.6 is 0 Å². The summed E-state index contributed by atoms with van der Waals surface area (Å²) in [5.41, 5.74) is 16.7. The van der Waals surface area contributed by atoms with Crippen LogP contribution in [0.1, 0.15) is 50.6 Å². The average Bonchev–Trinajstić information content (AvgIpc) is 3.02. The molecule has 9 nitrogen and oxygen atoms in total. The summed E-state index contributed by atoms with van der Waals surface area (Å²) in [4.78, 5) is 24.5. The molecule has 2 amide bonds. The zero-order chi connectivity index (χ0) is 20.3. The van der Waals surface area contributed by atoms with E-state index in [1.165, 1.54) is 18.2 Å². The quantitative estimate of drug-likeness (QED) is 0.354. The van der Waals surface area contributed by atoms with Crippen molar-refractivity contribution in [2.75, 3.05) is 0 Å². The number of furan rings is 1. The molecule has 0 saturated carbocycles. The first-order valence-electron chi connectivity index (χ1n) is 8.51. The van der Waals surface area contributed by atoms with Crippen molar-refractivity contribution in [1.29, 1.82) is 0 Å². The Morgan fingerprint density at radius 2 is 1.86 bits per heavy atom. The van der Waals surface area contributed by atoms with Crippen molar-refractivity contribution in [2.24, 2.45) is 21.7 Å². The van der Waals surface area contributed by atoms with Gasteiger partial charge in [0.2, 0.25) is 5.96 Å². The van der Waals surface area contributed by atoms with E-state index in [1.807, 2.05) is 0 Å². The van der Waals surface area contributed by atoms with Gasteiger partial charge in [0.05, 0.1) is 11.3 Å². The Labute approximate surface area is 159 Å². The number of amides is 2. The number of rotatable bonds is 3. The van der Waals surface area contributed by atoms with Gasteiger partial charge >= 0.3 is 5.91 Å². The summed E-state index contributed by atoms with van der Waals surface area (Å²) in [6, 6.07) is 5.43. The standard InChI is InChI=1S/C18H19FN6O3/c1-9-14-12(22-25-18(20)21)7-4-8-13(14)28-15(9)17(27)24-23-16(26)10-5-2-3-6-11(10)19/h2-3,5-6H,4,7-8H2,1H3,(H,23,26)(H,24,27)(H4,20,21,25)/b22-12+. The van der Waals surface area contributed by atoms with Crippen LogP contribution in [0, 0.1) is 12.7 Å². The van der Waals surface area contributed by atoms with Gasteiger partial charge in [0.1, 0.15) is 11.6 Å². The highest BCUT2D eigenvalue weighted by Gasteiger charge is 2.28. The second-order valence-electron chi connectivity index (χ2n) is 6.17. The number of nitrogens with one attached hydrogen (secondary N) is 2. The maximum absolute atomic E-state index is 13.6. The molecule has 10 heteroatoms. The zero-order valence-corrected chi connectivity index (χ0v) is 15.1. The number of hydrazine groups is 1. The summed E-state index contributed by atoms with van der Waals surface area (Å²) in [5.74, 6) is -1.70. The molecule has 6 N–H and O–H groups in total. The molecule has 146 valence electrons. The van der Waals surface area contributed by atoms with Gasteiger partial charge < -0.3 is 15.9 Å². The lowest BCUT2D eigenvalue weighted by atomic mass is 9.93. The van der Waals surface area contributed by atoms with E-state index in [4.69, 9.17) is 15.9 Å². The Balaban J connectivity index is 1.78. The van der Waals surface area contributed by atoms with Crippen LogP contribution in [0.5, 0.6) is 0 Å². The molecule has 0 saturated heterocycles. The van der Waals surface area contributed by atoms with Crippen molar-refractivity contribution in [1.82, 2.24) is 10.9 Å². The van der Waals surface area contributed by atoms with Crippen molar-refractivity contribution in [2.45, 2.75) is 26.2 Å². The normalized spacial score (nSPS) is 14.3. The predicted molar refractivity (Wildman–Crippen MR) is 100 cm³/mol. The highest BCUT2D eigenvalue weighted by molar-refractivity contribution is 6.07. The van der Waals surface area contributed by atoms with Crippen molar-refractivity contribution < 1.29 is 18.4 Å². The van der Waals surface area contributed by atoms with E-state index in [2.05, 4.69) is 21.1 Å². The van der Waals surface area contributed by atoms with E-state index >= 15 is 0 Å². The lowest BCUT2D eigenvalue weighted by molar-refractivity contribution is 0.0827. The SMILES string of the molecule is Cc1c(C(=O)NNC(=O)c2ccccc2F)oc2c1/C(=N/N=C(N)N)CCC2. The van der Waals surface area contributed by atoms with E-state index in [0.29, 0.717) is 35.4 Å². The molecule has 1 aromatic heterocycles. The number of halogens is 1. The predicted octanol–water partition coefficient (Wildman–Crippen LogP) is 1.12. The van der Waals surface area contributed by atoms with E-state index in [-0.39, 0.29) is 17.3 Å². The minimum atomic E-state index is -0.782. The average molecular weight is 386 g/mol. The number of benzene rings is 1. The van der Waals surface area contributed by atoms with Gasteiger partial charge in [-0.3, -0.25) is 20.4 Å². The van der Waals surface area contributed by atoms with Crippen LogP contribution in [0.25, 0.3) is 0 Å². The van der Waals surface area contributed by atoms with Crippen LogP contribution in [0.3, 0.4) is 0 Å². The second kappa shape index (κ2) is 7.91. The van der Waals surface area contributed by atoms with E-state index in [0.717, 1.165) is 12.5 Å². The first kappa shape index (κ1) is 19.1. The number of nitrogens with zero attached hydrogens (tertiary/aromatic N) is 2. The van der Waals surface area contributed by atoms with Crippen molar-refractivity contribution in [3.8, 4) is 0 Å². The first-order valence-corrected chi connectivity index (χ1v) is 8.51. The molecule has 0 fully saturated rings. The topological polar surface area (TPSA) is 148 Å². The second-order valence-corrected chi connectivity index (χ2v) is 6.17. The number of carbonyl (C=O) groups is 2. The van der Waals surface area contributed by atoms with E-state index in [1.54, 1.807) is 6.92 Å². The third-order valence-electron chi connectivity index (χ3n) is 4.23. The van der Waals surface area contributed by atoms with Crippen LogP contribution in [0.2, 0.25) is 0 Å². The minimum Gasteiger partial charge on any atom is -0.455 e. The van der Waals surface area contributed by atoms with Crippen LogP contribution in [0.4, 0.5) is 4.39 Å². The van der Waals surface area contributed by atoms with Crippen molar-refractivity contribution in [3.63, 3.8) is 0 Å². The molecule has 1 aliphatic carbocycles. The van der Waals surface area contributed by atoms with Gasteiger partial charge in [-0.2, -0.15) is 5.10 Å². The van der Waals surface area contributed by atoms with Gasteiger partial charge in [-0.15, -0.1) is 5.10 Å². The minimum absolute atomic E-state index is 0.0260. The molecule has 0 radical (unpaired) electrons. The Morgan fingerprint density at radius 1 is 1.14 bits per heavy atom. The fourth-order valence-corrected chi connectivity index (χ4v) is 2.99. The Morgan fingerprint density at radius 3 is 2.57 bits per heavy atom. The van der Waals surface area contributed by atoms with Gasteiger partial charge in [0, 0.05) is 17.5 Å². The summed E-state index contributed by atoms with van der Waals surface area (Å²) in [6.07, 6.45) is 2.03. The third-order valence-corrected chi connectivity index (χ3v) is 4.23. The summed E-state index contributed by atoms with van der Waals surface area (Å²) >= 11 is 0. The van der Waals surface area contributed by atoms with Gasteiger partial charge in [-0.25, -0.2) is 4.39 Å². The van der Waals surface area contributed by atoms with Crippen LogP contribution < -0.4 is 22.3 Å². The molecule has 0 spiro atoms. The number of hydrogen-bond donors (Lipinski definition) is 4. The molecular weight excluding hydrogens is 367 g/mol. The third kappa shape index (κ3) is 3.85. The summed E-state index contributed by atoms with van der Waals surface area (Å²) in [5, 5.41) is 7.70. The highest BCUT2D eigenvalue weighted by Crippen LogP contribution is 2.30. The number of fused-ring (bicyclic) bond motifs is 1. The Kier molecular flexibility index (Phi) is 5.39. The zero-order valence-electron chi connectivity index (χ0n) is 15.1. The number of guanidine groups is 1. The molecule has 0 unspecified atom stereocenters. The summed E-state index contributed by atoms with van der Waals surface area (Å²) < 4.78 is 19.3. The molecule has 1 heterocycles. The maximum atomic E-state index is 13.6. The number of aryl methyl sites for hydroxylation is 1. The number of hydrogen-bond acceptors (Lipinski definition) is 5. The molecule has 0 aliphatic heterocycles. The Hall–Kier alpha value is -3.69. The number of nitrogens with two attached hydrogens (primary N) is 2. The molecule has 3 rings (SSSR count). The van der Waals surface area contributed by atoms with Gasteiger partial charge in [0.25, 0.3) is 5.91 Å². The summed E-state index contributed by atoms with van der Waals surface area (Å²) in [6.45, 7) is 1.70. The van der Waals surface area contributed by atoms with Crippen molar-refractivity contribution in [3.05, 3.63) is 58.3 Å². The van der Waals surface area contributed by atoms with E-state index in [9.17, 15) is 14.0 Å². The maximum Gasteiger partial charge on any atom is 0.305 e. The molecule has 2 aromatic rings. The fourth-order valence-electron chi connectivity index (χ4n) is 2.99. The largest absolute Gasteiger partial charge is 0.455 e. The van der Waals surface area contributed by atoms with Crippen LogP contribution in [-0.2, 0) is 6.42 Å². The van der Waals surface area contributed by atoms with Crippen molar-refractivity contribution >= 4 is 23.5 Å². The monoisotopic (exact) mass is 386 g/mol. The Bertz CT molecular complexity index is 991. The van der Waals surface area contributed by atoms with Crippen LogP contribution in [0.15, 0.2) is 38.9 Å². The summed E-state index contributed by atoms with van der Waals surface area (Å²) in [7, 11) is 0. The molecule has 28 heavy (non-hydrogen) atoms. The molecule has 0 atom stereocenters. The van der Waals surface area contributed by atoms with Crippen LogP contribution in [-0.4, -0.2) is 23.5 Å². The molecular formula is C18H19FN6O3. The fraction of sp³-hybridized carbons (Fsp3) is 0.222. The lowest BCUT2D eigenvalue weighted by Crippen LogP contribution is -2.42. The molecule has 1 aromatic carbocycles. The van der Waals surface area contributed by atoms with Gasteiger partial charge in [-0.1, -0.05) is 12.1 Å². The van der Waals surface area contributed by atoms with E-state index < -0.39 is 17.6 Å². The molecule has 0 bridgehead atoms. The molecule has 1 aliphatic rings. The number of carbonyl (C=O) groups excluding carboxylic acids is 2. The highest BCUT2D eigenvalue weighted by atomic mass is 19.1. The van der Waals surface area contributed by atoms with Gasteiger partial charge in [0.15, 0.2) is 5.76 Å². The first-order chi connectivity index (χ1) is 13.4. The smallest absolute Gasteiger partial charge is 0.305 e. The van der Waals surface area contributed by atoms with Gasteiger partial charge in [-0.05, 0) is 31.9 Å².